The van der Waals surface area contributed by atoms with Gasteiger partial charge in [-0.1, -0.05) is 38.2 Å². The third kappa shape index (κ3) is 5.15. The predicted octanol–water partition coefficient (Wildman–Crippen LogP) is 2.50. The first-order valence-electron chi connectivity index (χ1n) is 12.1. The molecule has 8 nitrogen and oxygen atoms in total. The van der Waals surface area contributed by atoms with E-state index in [1.54, 1.807) is 12.1 Å². The van der Waals surface area contributed by atoms with E-state index in [-0.39, 0.29) is 30.2 Å². The molecule has 2 fully saturated rings. The molecule has 1 aliphatic carbocycles. The van der Waals surface area contributed by atoms with Crippen LogP contribution < -0.4 is 10.6 Å². The van der Waals surface area contributed by atoms with Crippen molar-refractivity contribution in [2.45, 2.75) is 76.7 Å². The Labute approximate surface area is 193 Å². The fraction of sp³-hybridized carbons (Fsp3) is 0.560. The average Bonchev–Trinajstić information content (AvgIpc) is 3.01. The minimum Gasteiger partial charge on any atom is -0.356 e. The zero-order chi connectivity index (χ0) is 23.4. The summed E-state index contributed by atoms with van der Waals surface area (Å²) in [5.74, 6) is -1.73. The van der Waals surface area contributed by atoms with Crippen molar-refractivity contribution in [2.24, 2.45) is 5.92 Å². The summed E-state index contributed by atoms with van der Waals surface area (Å²) in [6.45, 7) is 0.571. The number of rotatable bonds is 6. The number of piperidine rings is 1. The zero-order valence-corrected chi connectivity index (χ0v) is 18.9. The Morgan fingerprint density at radius 3 is 2.36 bits per heavy atom. The van der Waals surface area contributed by atoms with Gasteiger partial charge < -0.3 is 5.32 Å². The number of nitrogens with zero attached hydrogens (tertiary/aromatic N) is 1. The number of nitrogens with one attached hydrogen (secondary N) is 2. The molecule has 176 valence electrons. The first-order valence-corrected chi connectivity index (χ1v) is 12.1. The maximum Gasteiger partial charge on any atom is 0.262 e. The van der Waals surface area contributed by atoms with Crippen molar-refractivity contribution in [1.29, 1.82) is 0 Å². The van der Waals surface area contributed by atoms with Gasteiger partial charge in [-0.2, -0.15) is 0 Å². The molecule has 2 heterocycles. The number of fused-ring (bicyclic) bond motifs is 1. The summed E-state index contributed by atoms with van der Waals surface area (Å²) >= 11 is 0. The Morgan fingerprint density at radius 2 is 1.64 bits per heavy atom. The van der Waals surface area contributed by atoms with Gasteiger partial charge in [-0.15, -0.1) is 0 Å². The number of hydrogen-bond donors (Lipinski definition) is 2. The lowest BCUT2D eigenvalue weighted by Crippen LogP contribution is -2.54. The molecule has 8 heteroatoms. The van der Waals surface area contributed by atoms with Gasteiger partial charge in [-0.05, 0) is 49.8 Å². The number of hydrogen-bond acceptors (Lipinski definition) is 5. The highest BCUT2D eigenvalue weighted by Gasteiger charge is 2.44. The lowest BCUT2D eigenvalue weighted by atomic mass is 9.90. The highest BCUT2D eigenvalue weighted by atomic mass is 16.2. The van der Waals surface area contributed by atoms with E-state index in [2.05, 4.69) is 10.6 Å². The van der Waals surface area contributed by atoms with Crippen LogP contribution in [0.15, 0.2) is 18.2 Å². The largest absolute Gasteiger partial charge is 0.356 e. The van der Waals surface area contributed by atoms with Crippen LogP contribution in [0.5, 0.6) is 0 Å². The van der Waals surface area contributed by atoms with E-state index < -0.39 is 29.7 Å². The van der Waals surface area contributed by atoms with Crippen molar-refractivity contribution in [1.82, 2.24) is 15.5 Å². The molecule has 0 spiro atoms. The third-order valence-corrected chi connectivity index (χ3v) is 6.92. The maximum atomic E-state index is 12.9. The molecule has 0 aromatic heterocycles. The minimum atomic E-state index is -0.956. The Balaban J connectivity index is 1.31. The van der Waals surface area contributed by atoms with Crippen molar-refractivity contribution < 1.29 is 24.0 Å². The summed E-state index contributed by atoms with van der Waals surface area (Å²) in [6, 6.07) is 4.19. The lowest BCUT2D eigenvalue weighted by Gasteiger charge is -2.27. The monoisotopic (exact) mass is 453 g/mol. The van der Waals surface area contributed by atoms with Gasteiger partial charge in [0.1, 0.15) is 6.04 Å². The zero-order valence-electron chi connectivity index (χ0n) is 18.9. The second kappa shape index (κ2) is 10.3. The molecule has 1 aromatic carbocycles. The van der Waals surface area contributed by atoms with E-state index in [9.17, 15) is 24.0 Å². The molecule has 1 unspecified atom stereocenters. The Morgan fingerprint density at radius 1 is 0.939 bits per heavy atom. The summed E-state index contributed by atoms with van der Waals surface area (Å²) in [6.07, 6.45) is 9.52. The third-order valence-electron chi connectivity index (χ3n) is 6.92. The van der Waals surface area contributed by atoms with Crippen molar-refractivity contribution in [3.63, 3.8) is 0 Å². The lowest BCUT2D eigenvalue weighted by molar-refractivity contribution is -0.136. The predicted molar refractivity (Wildman–Crippen MR) is 120 cm³/mol. The molecule has 1 atom stereocenters. The average molecular weight is 454 g/mol. The molecule has 2 aliphatic heterocycles. The minimum absolute atomic E-state index is 0.0988. The van der Waals surface area contributed by atoms with Gasteiger partial charge in [0.15, 0.2) is 0 Å². The van der Waals surface area contributed by atoms with Gasteiger partial charge in [0.05, 0.1) is 11.1 Å². The first-order chi connectivity index (χ1) is 16.0. The van der Waals surface area contributed by atoms with Crippen LogP contribution in [0, 0.1) is 5.92 Å². The number of carbonyl (C=O) groups is 5. The van der Waals surface area contributed by atoms with Crippen LogP contribution >= 0.6 is 0 Å². The second-order valence-electron chi connectivity index (χ2n) is 9.26. The van der Waals surface area contributed by atoms with Gasteiger partial charge in [-0.3, -0.25) is 34.2 Å². The number of aryl methyl sites for hydroxylation is 1. The van der Waals surface area contributed by atoms with Crippen molar-refractivity contribution in [2.75, 3.05) is 6.54 Å². The molecule has 5 amide bonds. The van der Waals surface area contributed by atoms with Crippen molar-refractivity contribution >= 4 is 29.5 Å². The standard InChI is InChI=1S/C25H31N3O5/c29-21-13-12-20(23(31)27-21)28-24(32)18-11-10-16(15-19(18)25(28)33)7-6-14-26-22(30)17-8-4-2-1-3-5-9-17/h10-11,15,17,20H,1-9,12-14H2,(H,26,30)(H,27,29,31). The maximum absolute atomic E-state index is 12.9. The Bertz CT molecular complexity index is 965. The van der Waals surface area contributed by atoms with E-state index in [0.29, 0.717) is 18.5 Å². The molecule has 2 N–H and O–H groups in total. The van der Waals surface area contributed by atoms with E-state index in [1.807, 2.05) is 6.07 Å². The number of benzene rings is 1. The van der Waals surface area contributed by atoms with Gasteiger partial charge in [-0.25, -0.2) is 0 Å². The quantitative estimate of drug-likeness (QED) is 0.508. The van der Waals surface area contributed by atoms with Crippen LogP contribution in [0.1, 0.15) is 90.5 Å². The second-order valence-corrected chi connectivity index (χ2v) is 9.26. The highest BCUT2D eigenvalue weighted by Crippen LogP contribution is 2.28. The molecule has 0 bridgehead atoms. The van der Waals surface area contributed by atoms with Crippen molar-refractivity contribution in [3.8, 4) is 0 Å². The van der Waals surface area contributed by atoms with E-state index in [0.717, 1.165) is 42.6 Å². The van der Waals surface area contributed by atoms with E-state index in [1.165, 1.54) is 19.3 Å². The fourth-order valence-corrected chi connectivity index (χ4v) is 5.04. The summed E-state index contributed by atoms with van der Waals surface area (Å²) in [5.41, 5.74) is 1.48. The normalized spacial score (nSPS) is 21.9. The SMILES string of the molecule is O=C1CCC(N2C(=O)c3ccc(CCCNC(=O)C4CCCCCCC4)cc3C2=O)C(=O)N1. The van der Waals surface area contributed by atoms with Crippen LogP contribution in [0.4, 0.5) is 0 Å². The van der Waals surface area contributed by atoms with Gasteiger partial charge in [0.2, 0.25) is 17.7 Å². The summed E-state index contributed by atoms with van der Waals surface area (Å²) < 4.78 is 0. The molecule has 0 radical (unpaired) electrons. The number of imide groups is 2. The Kier molecular flexibility index (Phi) is 7.20. The molecular weight excluding hydrogens is 422 g/mol. The first kappa shape index (κ1) is 23.1. The van der Waals surface area contributed by atoms with Crippen LogP contribution in [0.2, 0.25) is 0 Å². The van der Waals surface area contributed by atoms with Crippen LogP contribution in [-0.4, -0.2) is 47.0 Å². The summed E-state index contributed by atoms with van der Waals surface area (Å²) in [5, 5.41) is 5.26. The van der Waals surface area contributed by atoms with E-state index in [4.69, 9.17) is 0 Å². The summed E-state index contributed by atoms with van der Waals surface area (Å²) in [4.78, 5) is 62.7. The topological polar surface area (TPSA) is 113 Å². The van der Waals surface area contributed by atoms with Crippen molar-refractivity contribution in [3.05, 3.63) is 34.9 Å². The number of carbonyl (C=O) groups excluding carboxylic acids is 5. The fourth-order valence-electron chi connectivity index (χ4n) is 5.04. The van der Waals surface area contributed by atoms with E-state index >= 15 is 0 Å². The Hall–Kier alpha value is -3.03. The van der Waals surface area contributed by atoms with Crippen LogP contribution in [0.3, 0.4) is 0 Å². The smallest absolute Gasteiger partial charge is 0.262 e. The molecule has 3 aliphatic rings. The van der Waals surface area contributed by atoms with Crippen LogP contribution in [-0.2, 0) is 20.8 Å². The molecule has 1 saturated carbocycles. The van der Waals surface area contributed by atoms with Gasteiger partial charge in [0.25, 0.3) is 11.8 Å². The van der Waals surface area contributed by atoms with Gasteiger partial charge in [0, 0.05) is 18.9 Å². The summed E-state index contributed by atoms with van der Waals surface area (Å²) in [7, 11) is 0. The molecule has 1 saturated heterocycles. The number of amides is 5. The highest BCUT2D eigenvalue weighted by molar-refractivity contribution is 6.23. The van der Waals surface area contributed by atoms with Crippen LogP contribution in [0.25, 0.3) is 0 Å². The molecule has 4 rings (SSSR count). The van der Waals surface area contributed by atoms with Gasteiger partial charge >= 0.3 is 0 Å². The molecule has 1 aromatic rings. The molecular formula is C25H31N3O5. The molecule has 33 heavy (non-hydrogen) atoms.